The summed E-state index contributed by atoms with van der Waals surface area (Å²) in [7, 11) is 1.79. The molecular weight excluding hydrogens is 256 g/mol. The Bertz CT molecular complexity index is 566. The third-order valence-electron chi connectivity index (χ3n) is 2.88. The lowest BCUT2D eigenvalue weighted by Gasteiger charge is -2.10. The van der Waals surface area contributed by atoms with E-state index in [2.05, 4.69) is 25.9 Å². The summed E-state index contributed by atoms with van der Waals surface area (Å²) in [5.74, 6) is -0.125. The molecule has 20 heavy (non-hydrogen) atoms. The van der Waals surface area contributed by atoms with Gasteiger partial charge in [0.2, 0.25) is 0 Å². The largest absolute Gasteiger partial charge is 0.387 e. The first-order chi connectivity index (χ1) is 9.70. The number of rotatable bonds is 6. The summed E-state index contributed by atoms with van der Waals surface area (Å²) in [5, 5.41) is 13.5. The maximum atomic E-state index is 12.1. The number of hydrogen-bond donors (Lipinski definition) is 2. The van der Waals surface area contributed by atoms with Crippen molar-refractivity contribution in [2.75, 3.05) is 18.9 Å². The topological polar surface area (TPSA) is 84.7 Å². The summed E-state index contributed by atoms with van der Waals surface area (Å²) >= 11 is 0. The van der Waals surface area contributed by atoms with Crippen LogP contribution in [0.25, 0.3) is 0 Å². The quantitative estimate of drug-likeness (QED) is 0.763. The van der Waals surface area contributed by atoms with Crippen molar-refractivity contribution in [2.24, 2.45) is 0 Å². The van der Waals surface area contributed by atoms with Gasteiger partial charge < -0.3 is 10.6 Å². The molecule has 2 aromatic heterocycles. The summed E-state index contributed by atoms with van der Waals surface area (Å²) in [6, 6.07) is 1.85. The second-order valence-electron chi connectivity index (χ2n) is 4.40. The Morgan fingerprint density at radius 2 is 2.30 bits per heavy atom. The van der Waals surface area contributed by atoms with Gasteiger partial charge in [0, 0.05) is 38.2 Å². The Balaban J connectivity index is 1.85. The van der Waals surface area contributed by atoms with Gasteiger partial charge in [-0.1, -0.05) is 5.21 Å². The van der Waals surface area contributed by atoms with Gasteiger partial charge in [-0.25, -0.2) is 0 Å². The molecule has 0 saturated carbocycles. The highest BCUT2D eigenvalue weighted by Crippen LogP contribution is 2.14. The van der Waals surface area contributed by atoms with Gasteiger partial charge in [0.1, 0.15) is 0 Å². The van der Waals surface area contributed by atoms with Gasteiger partial charge in [0.15, 0.2) is 0 Å². The van der Waals surface area contributed by atoms with Crippen LogP contribution in [0.5, 0.6) is 0 Å². The number of aryl methyl sites for hydroxylation is 2. The third-order valence-corrected chi connectivity index (χ3v) is 2.88. The van der Waals surface area contributed by atoms with Crippen LogP contribution in [0.1, 0.15) is 22.5 Å². The van der Waals surface area contributed by atoms with Crippen molar-refractivity contribution in [2.45, 2.75) is 19.9 Å². The number of aromatic nitrogens is 4. The van der Waals surface area contributed by atoms with Crippen LogP contribution in [-0.2, 0) is 6.54 Å². The fraction of sp³-hybridized carbons (Fsp3) is 0.385. The van der Waals surface area contributed by atoms with Crippen molar-refractivity contribution in [3.05, 3.63) is 35.9 Å². The molecule has 2 aromatic rings. The van der Waals surface area contributed by atoms with E-state index in [1.807, 2.05) is 13.0 Å². The van der Waals surface area contributed by atoms with Crippen LogP contribution in [0.3, 0.4) is 0 Å². The van der Waals surface area contributed by atoms with Crippen molar-refractivity contribution in [3.8, 4) is 0 Å². The van der Waals surface area contributed by atoms with E-state index < -0.39 is 0 Å². The number of nitrogens with zero attached hydrogens (tertiary/aromatic N) is 4. The zero-order valence-corrected chi connectivity index (χ0v) is 11.6. The standard InChI is InChI=1S/C13H18N6O/c1-10-8-12(14-2)11(9-16-10)13(20)15-4-3-6-19-7-5-17-18-19/h5,7-9H,3-4,6H2,1-2H3,(H,14,16)(H,15,20). The maximum Gasteiger partial charge on any atom is 0.254 e. The molecule has 0 aromatic carbocycles. The van der Waals surface area contributed by atoms with Gasteiger partial charge in [-0.3, -0.25) is 14.5 Å². The van der Waals surface area contributed by atoms with Gasteiger partial charge in [0.05, 0.1) is 17.4 Å². The van der Waals surface area contributed by atoms with Gasteiger partial charge >= 0.3 is 0 Å². The fourth-order valence-corrected chi connectivity index (χ4v) is 1.84. The monoisotopic (exact) mass is 274 g/mol. The van der Waals surface area contributed by atoms with E-state index in [0.29, 0.717) is 12.1 Å². The minimum absolute atomic E-state index is 0.125. The molecule has 2 heterocycles. The highest BCUT2D eigenvalue weighted by atomic mass is 16.1. The lowest BCUT2D eigenvalue weighted by molar-refractivity contribution is 0.0953. The molecule has 1 amide bonds. The average molecular weight is 274 g/mol. The Kier molecular flexibility index (Phi) is 4.65. The van der Waals surface area contributed by atoms with E-state index in [1.54, 1.807) is 30.3 Å². The Hall–Kier alpha value is -2.44. The number of carbonyl (C=O) groups excluding carboxylic acids is 1. The maximum absolute atomic E-state index is 12.1. The van der Waals surface area contributed by atoms with Crippen molar-refractivity contribution >= 4 is 11.6 Å². The van der Waals surface area contributed by atoms with Crippen molar-refractivity contribution in [3.63, 3.8) is 0 Å². The zero-order chi connectivity index (χ0) is 14.4. The minimum atomic E-state index is -0.125. The van der Waals surface area contributed by atoms with E-state index in [1.165, 1.54) is 0 Å². The molecule has 0 radical (unpaired) electrons. The van der Waals surface area contributed by atoms with Gasteiger partial charge in [-0.15, -0.1) is 5.10 Å². The summed E-state index contributed by atoms with van der Waals surface area (Å²) in [6.07, 6.45) is 5.82. The number of nitrogens with one attached hydrogen (secondary N) is 2. The van der Waals surface area contributed by atoms with Crippen LogP contribution in [0.2, 0.25) is 0 Å². The third kappa shape index (κ3) is 3.53. The number of pyridine rings is 1. The van der Waals surface area contributed by atoms with Crippen LogP contribution in [0, 0.1) is 6.92 Å². The first kappa shape index (κ1) is 14.0. The molecule has 0 saturated heterocycles. The predicted molar refractivity (Wildman–Crippen MR) is 75.5 cm³/mol. The van der Waals surface area contributed by atoms with Gasteiger partial charge in [0.25, 0.3) is 5.91 Å². The predicted octanol–water partition coefficient (Wildman–Crippen LogP) is 0.843. The molecule has 7 nitrogen and oxygen atoms in total. The highest BCUT2D eigenvalue weighted by molar-refractivity contribution is 5.99. The SMILES string of the molecule is CNc1cc(C)ncc1C(=O)NCCCn1ccnn1. The molecule has 106 valence electrons. The lowest BCUT2D eigenvalue weighted by Crippen LogP contribution is -2.26. The number of hydrogen-bond acceptors (Lipinski definition) is 5. The first-order valence-corrected chi connectivity index (χ1v) is 6.47. The van der Waals surface area contributed by atoms with E-state index in [0.717, 1.165) is 24.3 Å². The Labute approximate surface area is 117 Å². The summed E-state index contributed by atoms with van der Waals surface area (Å²) in [6.45, 7) is 3.20. The number of carbonyl (C=O) groups is 1. The normalized spacial score (nSPS) is 10.3. The lowest BCUT2D eigenvalue weighted by atomic mass is 10.2. The first-order valence-electron chi connectivity index (χ1n) is 6.47. The summed E-state index contributed by atoms with van der Waals surface area (Å²) in [5.41, 5.74) is 2.21. The number of anilines is 1. The molecule has 0 atom stereocenters. The average Bonchev–Trinajstić information content (AvgIpc) is 2.96. The Morgan fingerprint density at radius 1 is 1.45 bits per heavy atom. The highest BCUT2D eigenvalue weighted by Gasteiger charge is 2.10. The minimum Gasteiger partial charge on any atom is -0.387 e. The van der Waals surface area contributed by atoms with E-state index in [4.69, 9.17) is 0 Å². The van der Waals surface area contributed by atoms with Gasteiger partial charge in [-0.05, 0) is 19.4 Å². The van der Waals surface area contributed by atoms with Crippen LogP contribution in [0.4, 0.5) is 5.69 Å². The second-order valence-corrected chi connectivity index (χ2v) is 4.40. The molecule has 0 aliphatic carbocycles. The van der Waals surface area contributed by atoms with Crippen molar-refractivity contribution in [1.82, 2.24) is 25.3 Å². The van der Waals surface area contributed by atoms with E-state index in [9.17, 15) is 4.79 Å². The van der Waals surface area contributed by atoms with Crippen molar-refractivity contribution in [1.29, 1.82) is 0 Å². The summed E-state index contributed by atoms with van der Waals surface area (Å²) in [4.78, 5) is 16.2. The molecule has 0 bridgehead atoms. The zero-order valence-electron chi connectivity index (χ0n) is 11.6. The molecule has 0 aliphatic rings. The molecular formula is C13H18N6O. The molecule has 7 heteroatoms. The van der Waals surface area contributed by atoms with E-state index >= 15 is 0 Å². The second kappa shape index (κ2) is 6.65. The molecule has 0 spiro atoms. The molecule has 2 N–H and O–H groups in total. The fourth-order valence-electron chi connectivity index (χ4n) is 1.84. The van der Waals surface area contributed by atoms with Gasteiger partial charge in [-0.2, -0.15) is 0 Å². The Morgan fingerprint density at radius 3 is 3.00 bits per heavy atom. The van der Waals surface area contributed by atoms with E-state index in [-0.39, 0.29) is 5.91 Å². The molecule has 0 fully saturated rings. The molecule has 2 rings (SSSR count). The summed E-state index contributed by atoms with van der Waals surface area (Å²) < 4.78 is 1.73. The van der Waals surface area contributed by atoms with Crippen LogP contribution < -0.4 is 10.6 Å². The van der Waals surface area contributed by atoms with Crippen LogP contribution in [-0.4, -0.2) is 39.5 Å². The smallest absolute Gasteiger partial charge is 0.254 e. The van der Waals surface area contributed by atoms with Crippen LogP contribution >= 0.6 is 0 Å². The van der Waals surface area contributed by atoms with Crippen molar-refractivity contribution < 1.29 is 4.79 Å². The molecule has 0 unspecified atom stereocenters. The number of amides is 1. The molecule has 0 aliphatic heterocycles. The van der Waals surface area contributed by atoms with Crippen LogP contribution in [0.15, 0.2) is 24.7 Å².